The minimum Gasteiger partial charge on any atom is -0.266 e. The van der Waals surface area contributed by atoms with E-state index < -0.39 is 5.56 Å². The zero-order valence-corrected chi connectivity index (χ0v) is 7.87. The molecule has 0 bridgehead atoms. The van der Waals surface area contributed by atoms with Gasteiger partial charge in [0.2, 0.25) is 0 Å². The topological polar surface area (TPSA) is 99.7 Å². The minimum atomic E-state index is -0.480. The van der Waals surface area contributed by atoms with E-state index in [1.807, 2.05) is 0 Å². The van der Waals surface area contributed by atoms with Gasteiger partial charge in [-0.3, -0.25) is 4.79 Å². The molecular weight excluding hydrogens is 204 g/mol. The van der Waals surface area contributed by atoms with Crippen LogP contribution in [0, 0.1) is 11.3 Å². The van der Waals surface area contributed by atoms with Crippen molar-refractivity contribution in [3.8, 4) is 6.07 Å². The van der Waals surface area contributed by atoms with Gasteiger partial charge in [0.05, 0.1) is 0 Å². The number of nitrogens with zero attached hydrogens (tertiary/aromatic N) is 5. The summed E-state index contributed by atoms with van der Waals surface area (Å²) in [5, 5.41) is 18.5. The smallest absolute Gasteiger partial charge is 0.266 e. The molecule has 2 aromatic rings. The maximum Gasteiger partial charge on any atom is 0.294 e. The highest BCUT2D eigenvalue weighted by Crippen LogP contribution is 2.13. The van der Waals surface area contributed by atoms with Crippen LogP contribution in [0.5, 0.6) is 0 Å². The first-order valence-electron chi connectivity index (χ1n) is 3.56. The summed E-state index contributed by atoms with van der Waals surface area (Å²) in [5.41, 5.74) is -0.479. The number of tetrazole rings is 1. The van der Waals surface area contributed by atoms with Crippen LogP contribution < -0.4 is 5.56 Å². The van der Waals surface area contributed by atoms with Crippen molar-refractivity contribution in [2.75, 3.05) is 6.26 Å². The first-order chi connectivity index (χ1) is 6.77. The van der Waals surface area contributed by atoms with Crippen LogP contribution >= 0.6 is 11.8 Å². The molecule has 0 fully saturated rings. The Hall–Kier alpha value is -1.88. The van der Waals surface area contributed by atoms with Crippen molar-refractivity contribution in [1.82, 2.24) is 25.0 Å². The molecule has 0 amide bonds. The van der Waals surface area contributed by atoms with Gasteiger partial charge < -0.3 is 0 Å². The Kier molecular flexibility index (Phi) is 1.94. The molecule has 14 heavy (non-hydrogen) atoms. The number of nitriles is 1. The number of hydrogen-bond donors (Lipinski definition) is 1. The molecule has 0 atom stereocenters. The van der Waals surface area contributed by atoms with E-state index in [9.17, 15) is 4.79 Å². The molecule has 0 spiro atoms. The Labute approximate surface area is 81.7 Å². The van der Waals surface area contributed by atoms with Gasteiger partial charge in [0.1, 0.15) is 11.1 Å². The van der Waals surface area contributed by atoms with Crippen molar-refractivity contribution < 1.29 is 0 Å². The summed E-state index contributed by atoms with van der Waals surface area (Å²) in [6.45, 7) is 0. The molecule has 1 N–H and O–H groups in total. The molecule has 7 nitrogen and oxygen atoms in total. The average molecular weight is 208 g/mol. The first kappa shape index (κ1) is 8.71. The molecule has 0 unspecified atom stereocenters. The fourth-order valence-electron chi connectivity index (χ4n) is 1.00. The molecule has 0 aliphatic heterocycles. The number of nitrogens with one attached hydrogen (secondary N) is 1. The zero-order valence-electron chi connectivity index (χ0n) is 7.05. The standard InChI is InChI=1S/C6H4N6OS/c1-14-4-3(2-7)5(13)12-6(8-4)9-10-11-12/h1H3,(H,8,9,11). The quantitative estimate of drug-likeness (QED) is 0.496. The van der Waals surface area contributed by atoms with Crippen LogP contribution in [0.15, 0.2) is 9.82 Å². The zero-order chi connectivity index (χ0) is 10.1. The van der Waals surface area contributed by atoms with Crippen molar-refractivity contribution in [1.29, 1.82) is 5.26 Å². The third-order valence-corrected chi connectivity index (χ3v) is 2.30. The van der Waals surface area contributed by atoms with E-state index in [1.54, 1.807) is 12.3 Å². The van der Waals surface area contributed by atoms with Crippen molar-refractivity contribution in [3.05, 3.63) is 15.9 Å². The lowest BCUT2D eigenvalue weighted by Crippen LogP contribution is -2.19. The van der Waals surface area contributed by atoms with E-state index in [1.165, 1.54) is 11.8 Å². The van der Waals surface area contributed by atoms with Gasteiger partial charge in [-0.05, 0) is 11.5 Å². The van der Waals surface area contributed by atoms with Gasteiger partial charge in [-0.15, -0.1) is 11.8 Å². The molecule has 0 saturated heterocycles. The van der Waals surface area contributed by atoms with Crippen molar-refractivity contribution in [3.63, 3.8) is 0 Å². The molecular formula is C6H4N6OS. The highest BCUT2D eigenvalue weighted by atomic mass is 32.2. The third-order valence-electron chi connectivity index (χ3n) is 1.62. The van der Waals surface area contributed by atoms with E-state index in [2.05, 4.69) is 20.5 Å². The van der Waals surface area contributed by atoms with Gasteiger partial charge >= 0.3 is 0 Å². The second-order valence-corrected chi connectivity index (χ2v) is 3.14. The lowest BCUT2D eigenvalue weighted by Gasteiger charge is -1.96. The number of hydrogen-bond acceptors (Lipinski definition) is 6. The second-order valence-electron chi connectivity index (χ2n) is 2.35. The Morgan fingerprint density at radius 2 is 2.43 bits per heavy atom. The summed E-state index contributed by atoms with van der Waals surface area (Å²) in [6.07, 6.45) is 1.74. The number of rotatable bonds is 1. The highest BCUT2D eigenvalue weighted by molar-refractivity contribution is 7.98. The van der Waals surface area contributed by atoms with Crippen LogP contribution in [-0.4, -0.2) is 31.3 Å². The van der Waals surface area contributed by atoms with Crippen molar-refractivity contribution >= 4 is 17.5 Å². The molecule has 0 aliphatic rings. The van der Waals surface area contributed by atoms with Gasteiger partial charge in [0.15, 0.2) is 5.56 Å². The summed E-state index contributed by atoms with van der Waals surface area (Å²) in [7, 11) is 0. The lowest BCUT2D eigenvalue weighted by atomic mass is 10.4. The molecule has 2 heterocycles. The largest absolute Gasteiger partial charge is 0.294 e. The number of aromatic amines is 1. The van der Waals surface area contributed by atoms with Gasteiger partial charge in [0.25, 0.3) is 11.3 Å². The second kappa shape index (κ2) is 3.12. The molecule has 0 aliphatic carbocycles. The van der Waals surface area contributed by atoms with Crippen molar-refractivity contribution in [2.24, 2.45) is 0 Å². The van der Waals surface area contributed by atoms with Crippen LogP contribution in [0.1, 0.15) is 5.56 Å². The number of thioether (sulfide) groups is 1. The monoisotopic (exact) mass is 208 g/mol. The molecule has 8 heteroatoms. The third kappa shape index (κ3) is 1.06. The molecule has 0 radical (unpaired) electrons. The normalized spacial score (nSPS) is 10.3. The summed E-state index contributed by atoms with van der Waals surface area (Å²) in [4.78, 5) is 15.6. The number of aromatic nitrogens is 5. The average Bonchev–Trinajstić information content (AvgIpc) is 2.65. The Morgan fingerprint density at radius 3 is 3.07 bits per heavy atom. The molecule has 2 rings (SSSR count). The summed E-state index contributed by atoms with van der Waals surface area (Å²) < 4.78 is 1.03. The molecule has 0 aromatic carbocycles. The summed E-state index contributed by atoms with van der Waals surface area (Å²) in [5.74, 6) is 0.165. The van der Waals surface area contributed by atoms with Crippen LogP contribution in [0.2, 0.25) is 0 Å². The molecule has 70 valence electrons. The molecule has 2 aromatic heterocycles. The van der Waals surface area contributed by atoms with Crippen LogP contribution in [0.25, 0.3) is 5.78 Å². The fraction of sp³-hybridized carbons (Fsp3) is 0.167. The van der Waals surface area contributed by atoms with E-state index in [0.717, 1.165) is 4.52 Å². The maximum absolute atomic E-state index is 11.6. The van der Waals surface area contributed by atoms with Crippen LogP contribution in [-0.2, 0) is 0 Å². The van der Waals surface area contributed by atoms with E-state index >= 15 is 0 Å². The SMILES string of the molecule is CSc1nc2nn[nH]n2c(=O)c1C#N. The minimum absolute atomic E-state index is 0.000972. The van der Waals surface area contributed by atoms with Crippen LogP contribution in [0.4, 0.5) is 0 Å². The highest BCUT2D eigenvalue weighted by Gasteiger charge is 2.12. The predicted molar refractivity (Wildman–Crippen MR) is 47.9 cm³/mol. The fourth-order valence-corrected chi connectivity index (χ4v) is 1.51. The first-order valence-corrected chi connectivity index (χ1v) is 4.78. The number of H-pyrrole nitrogens is 1. The van der Waals surface area contributed by atoms with E-state index in [0.29, 0.717) is 5.03 Å². The lowest BCUT2D eigenvalue weighted by molar-refractivity contribution is 0.791. The predicted octanol–water partition coefficient (Wildman–Crippen LogP) is -0.594. The molecule has 0 saturated carbocycles. The maximum atomic E-state index is 11.6. The Morgan fingerprint density at radius 1 is 1.64 bits per heavy atom. The van der Waals surface area contributed by atoms with Crippen molar-refractivity contribution in [2.45, 2.75) is 5.03 Å². The Balaban J connectivity index is 2.95. The van der Waals surface area contributed by atoms with Gasteiger partial charge in [-0.1, -0.05) is 5.10 Å². The Bertz CT molecular complexity index is 578. The van der Waals surface area contributed by atoms with Crippen LogP contribution in [0.3, 0.4) is 0 Å². The summed E-state index contributed by atoms with van der Waals surface area (Å²) >= 11 is 1.22. The van der Waals surface area contributed by atoms with Gasteiger partial charge in [-0.25, -0.2) is 4.98 Å². The van der Waals surface area contributed by atoms with E-state index in [-0.39, 0.29) is 11.3 Å². The van der Waals surface area contributed by atoms with Gasteiger partial charge in [0, 0.05) is 0 Å². The number of fused-ring (bicyclic) bond motifs is 1. The van der Waals surface area contributed by atoms with Gasteiger partial charge in [-0.2, -0.15) is 15.0 Å². The van der Waals surface area contributed by atoms with E-state index in [4.69, 9.17) is 5.26 Å². The summed E-state index contributed by atoms with van der Waals surface area (Å²) in [6, 6.07) is 1.80.